The van der Waals surface area contributed by atoms with E-state index in [1.165, 1.54) is 24.3 Å². The van der Waals surface area contributed by atoms with Crippen molar-refractivity contribution in [1.29, 1.82) is 0 Å². The summed E-state index contributed by atoms with van der Waals surface area (Å²) in [5, 5.41) is 10.1. The Balaban J connectivity index is 2.03. The highest BCUT2D eigenvalue weighted by Gasteiger charge is 2.30. The van der Waals surface area contributed by atoms with Gasteiger partial charge in [-0.25, -0.2) is 0 Å². The summed E-state index contributed by atoms with van der Waals surface area (Å²) in [4.78, 5) is 0. The van der Waals surface area contributed by atoms with Gasteiger partial charge in [0.1, 0.15) is 5.75 Å². The molecule has 21 heavy (non-hydrogen) atoms. The molecule has 0 heterocycles. The van der Waals surface area contributed by atoms with Crippen molar-refractivity contribution in [3.05, 3.63) is 65.2 Å². The van der Waals surface area contributed by atoms with Crippen LogP contribution in [0.4, 0.5) is 13.2 Å². The van der Waals surface area contributed by atoms with Crippen LogP contribution in [0.3, 0.4) is 0 Å². The van der Waals surface area contributed by atoms with Gasteiger partial charge in [-0.15, -0.1) is 13.2 Å². The lowest BCUT2D eigenvalue weighted by Gasteiger charge is -2.13. The molecule has 2 aromatic rings. The minimum atomic E-state index is -4.69. The van der Waals surface area contributed by atoms with Gasteiger partial charge >= 0.3 is 6.36 Å². The third kappa shape index (κ3) is 4.79. The lowest BCUT2D eigenvalue weighted by atomic mass is 10.00. The number of aliphatic hydroxyl groups is 1. The maximum Gasteiger partial charge on any atom is 0.573 e. The van der Waals surface area contributed by atoms with Gasteiger partial charge in [0.05, 0.1) is 6.10 Å². The predicted octanol–water partition coefficient (Wildman–Crippen LogP) is 4.17. The van der Waals surface area contributed by atoms with E-state index in [0.29, 0.717) is 6.42 Å². The number of alkyl halides is 3. The predicted molar refractivity (Wildman–Crippen MR) is 73.0 cm³/mol. The van der Waals surface area contributed by atoms with Gasteiger partial charge in [0, 0.05) is 6.42 Å². The molecule has 0 aliphatic rings. The molecule has 0 radical (unpaired) electrons. The van der Waals surface area contributed by atoms with E-state index >= 15 is 0 Å². The number of hydrogen-bond donors (Lipinski definition) is 1. The molecule has 112 valence electrons. The van der Waals surface area contributed by atoms with Crippen molar-refractivity contribution in [3.8, 4) is 5.75 Å². The van der Waals surface area contributed by atoms with Crippen molar-refractivity contribution in [2.45, 2.75) is 25.8 Å². The van der Waals surface area contributed by atoms with E-state index in [4.69, 9.17) is 0 Å². The summed E-state index contributed by atoms with van der Waals surface area (Å²) in [5.41, 5.74) is 2.56. The first-order valence-corrected chi connectivity index (χ1v) is 6.43. The van der Waals surface area contributed by atoms with Gasteiger partial charge in [0.25, 0.3) is 0 Å². The van der Waals surface area contributed by atoms with Crippen molar-refractivity contribution >= 4 is 0 Å². The lowest BCUT2D eigenvalue weighted by molar-refractivity contribution is -0.274. The van der Waals surface area contributed by atoms with E-state index in [1.807, 2.05) is 31.2 Å². The number of aryl methyl sites for hydroxylation is 1. The van der Waals surface area contributed by atoms with E-state index in [9.17, 15) is 18.3 Å². The Hall–Kier alpha value is -2.01. The molecule has 5 heteroatoms. The molecule has 0 saturated carbocycles. The molecule has 2 rings (SSSR count). The summed E-state index contributed by atoms with van der Waals surface area (Å²) in [6.45, 7) is 1.93. The van der Waals surface area contributed by atoms with Gasteiger partial charge in [-0.05, 0) is 30.2 Å². The number of hydrogen-bond acceptors (Lipinski definition) is 2. The second kappa shape index (κ2) is 6.18. The van der Waals surface area contributed by atoms with Gasteiger partial charge in [-0.1, -0.05) is 42.0 Å². The number of ether oxygens (including phenoxy) is 1. The summed E-state index contributed by atoms with van der Waals surface area (Å²) < 4.78 is 39.9. The van der Waals surface area contributed by atoms with Gasteiger partial charge in [-0.3, -0.25) is 0 Å². The number of benzene rings is 2. The fourth-order valence-electron chi connectivity index (χ4n) is 2.05. The zero-order valence-electron chi connectivity index (χ0n) is 11.4. The fraction of sp³-hybridized carbons (Fsp3) is 0.250. The van der Waals surface area contributed by atoms with Gasteiger partial charge in [0.2, 0.25) is 0 Å². The molecule has 0 saturated heterocycles. The Labute approximate surface area is 120 Å². The van der Waals surface area contributed by atoms with Crippen LogP contribution >= 0.6 is 0 Å². The molecule has 0 fully saturated rings. The molecular weight excluding hydrogens is 281 g/mol. The standard InChI is InChI=1S/C16H15F3O2/c1-11-3-2-4-13(9-11)15(20)10-12-5-7-14(8-6-12)21-16(17,18)19/h2-9,15,20H,10H2,1H3. The van der Waals surface area contributed by atoms with Crippen LogP contribution in [0.1, 0.15) is 22.8 Å². The van der Waals surface area contributed by atoms with Crippen LogP contribution in [-0.4, -0.2) is 11.5 Å². The Morgan fingerprint density at radius 2 is 1.76 bits per heavy atom. The molecule has 0 aliphatic carbocycles. The first-order chi connectivity index (χ1) is 9.83. The van der Waals surface area contributed by atoms with Crippen molar-refractivity contribution in [2.24, 2.45) is 0 Å². The molecule has 1 atom stereocenters. The maximum absolute atomic E-state index is 12.0. The number of halogens is 3. The zero-order valence-corrected chi connectivity index (χ0v) is 11.4. The Kier molecular flexibility index (Phi) is 4.53. The van der Waals surface area contributed by atoms with E-state index in [1.54, 1.807) is 0 Å². The average molecular weight is 296 g/mol. The highest BCUT2D eigenvalue weighted by Crippen LogP contribution is 2.24. The molecule has 0 aromatic heterocycles. The van der Waals surface area contributed by atoms with Crippen molar-refractivity contribution in [2.75, 3.05) is 0 Å². The molecule has 0 bridgehead atoms. The highest BCUT2D eigenvalue weighted by molar-refractivity contribution is 5.30. The first kappa shape index (κ1) is 15.4. The minimum Gasteiger partial charge on any atom is -0.406 e. The molecule has 1 unspecified atom stereocenters. The highest BCUT2D eigenvalue weighted by atomic mass is 19.4. The SMILES string of the molecule is Cc1cccc(C(O)Cc2ccc(OC(F)(F)F)cc2)c1. The Morgan fingerprint density at radius 3 is 2.33 bits per heavy atom. The monoisotopic (exact) mass is 296 g/mol. The van der Waals surface area contributed by atoms with Gasteiger partial charge in [0.15, 0.2) is 0 Å². The van der Waals surface area contributed by atoms with Crippen molar-refractivity contribution in [1.82, 2.24) is 0 Å². The molecule has 2 nitrogen and oxygen atoms in total. The summed E-state index contributed by atoms with van der Waals surface area (Å²) in [7, 11) is 0. The quantitative estimate of drug-likeness (QED) is 0.917. The Morgan fingerprint density at radius 1 is 1.10 bits per heavy atom. The van der Waals surface area contributed by atoms with Gasteiger partial charge in [-0.2, -0.15) is 0 Å². The first-order valence-electron chi connectivity index (χ1n) is 6.43. The van der Waals surface area contributed by atoms with Crippen molar-refractivity contribution < 1.29 is 23.0 Å². The fourth-order valence-corrected chi connectivity index (χ4v) is 2.05. The smallest absolute Gasteiger partial charge is 0.406 e. The lowest BCUT2D eigenvalue weighted by Crippen LogP contribution is -2.17. The maximum atomic E-state index is 12.0. The summed E-state index contributed by atoms with van der Waals surface area (Å²) >= 11 is 0. The van der Waals surface area contributed by atoms with Crippen molar-refractivity contribution in [3.63, 3.8) is 0 Å². The van der Waals surface area contributed by atoms with Crippen LogP contribution in [0.25, 0.3) is 0 Å². The normalized spacial score (nSPS) is 13.0. The van der Waals surface area contributed by atoms with E-state index in [0.717, 1.165) is 16.7 Å². The van der Waals surface area contributed by atoms with Crippen LogP contribution in [-0.2, 0) is 6.42 Å². The van der Waals surface area contributed by atoms with Crippen LogP contribution in [0.5, 0.6) is 5.75 Å². The molecular formula is C16H15F3O2. The topological polar surface area (TPSA) is 29.5 Å². The minimum absolute atomic E-state index is 0.267. The van der Waals surface area contributed by atoms with Gasteiger partial charge < -0.3 is 9.84 Å². The molecule has 0 amide bonds. The molecule has 0 aliphatic heterocycles. The molecule has 2 aromatic carbocycles. The largest absolute Gasteiger partial charge is 0.573 e. The van der Waals surface area contributed by atoms with E-state index in [-0.39, 0.29) is 5.75 Å². The second-order valence-electron chi connectivity index (χ2n) is 4.83. The van der Waals surface area contributed by atoms with E-state index in [2.05, 4.69) is 4.74 Å². The third-order valence-corrected chi connectivity index (χ3v) is 3.01. The molecule has 1 N–H and O–H groups in total. The van der Waals surface area contributed by atoms with E-state index < -0.39 is 12.5 Å². The summed E-state index contributed by atoms with van der Waals surface area (Å²) in [6, 6.07) is 13.0. The van der Waals surface area contributed by atoms with Crippen LogP contribution in [0.15, 0.2) is 48.5 Å². The molecule has 0 spiro atoms. The van der Waals surface area contributed by atoms with Crippen LogP contribution < -0.4 is 4.74 Å². The van der Waals surface area contributed by atoms with Crippen LogP contribution in [0, 0.1) is 6.92 Å². The summed E-state index contributed by atoms with van der Waals surface area (Å²) in [6.07, 6.45) is -5.06. The third-order valence-electron chi connectivity index (χ3n) is 3.01. The Bertz CT molecular complexity index is 591. The second-order valence-corrected chi connectivity index (χ2v) is 4.83. The number of aliphatic hydroxyl groups excluding tert-OH is 1. The van der Waals surface area contributed by atoms with Crippen LogP contribution in [0.2, 0.25) is 0 Å². The number of rotatable bonds is 4. The average Bonchev–Trinajstić information content (AvgIpc) is 2.39. The summed E-state index contributed by atoms with van der Waals surface area (Å²) in [5.74, 6) is -0.267. The zero-order chi connectivity index (χ0) is 15.5.